The quantitative estimate of drug-likeness (QED) is 0.156. The summed E-state index contributed by atoms with van der Waals surface area (Å²) in [5.41, 5.74) is 0.288. The third-order valence-corrected chi connectivity index (χ3v) is 6.66. The van der Waals surface area contributed by atoms with Gasteiger partial charge in [0.1, 0.15) is 29.6 Å². The van der Waals surface area contributed by atoms with Crippen LogP contribution in [-0.4, -0.2) is 41.2 Å². The van der Waals surface area contributed by atoms with Gasteiger partial charge in [-0.3, -0.25) is 24.6 Å². The molecule has 0 radical (unpaired) electrons. The van der Waals surface area contributed by atoms with E-state index < -0.39 is 16.1 Å². The van der Waals surface area contributed by atoms with Crippen LogP contribution in [0.5, 0.6) is 11.5 Å². The molecule has 1 aliphatic heterocycles. The molecule has 1 saturated heterocycles. The Kier molecular flexibility index (Phi) is 6.65. The third-order valence-electron chi connectivity index (χ3n) is 5.76. The molecule has 37 heavy (non-hydrogen) atoms. The Balaban J connectivity index is 1.29. The number of hydrogen-bond acceptors (Lipinski definition) is 8. The van der Waals surface area contributed by atoms with E-state index in [1.54, 1.807) is 12.1 Å². The number of methoxy groups -OCH3 is 1. The van der Waals surface area contributed by atoms with E-state index in [0.717, 1.165) is 27.4 Å². The molecule has 2 heterocycles. The molecule has 9 nitrogen and oxygen atoms in total. The molecule has 0 spiro atoms. The Morgan fingerprint density at radius 3 is 2.65 bits per heavy atom. The summed E-state index contributed by atoms with van der Waals surface area (Å²) in [6.45, 7) is 0.246. The smallest absolute Gasteiger partial charge is 0.293 e. The van der Waals surface area contributed by atoms with Gasteiger partial charge in [0.25, 0.3) is 16.8 Å². The molecule has 10 heteroatoms. The number of hydrogen-bond donors (Lipinski definition) is 0. The number of imide groups is 1. The first kappa shape index (κ1) is 24.1. The van der Waals surface area contributed by atoms with E-state index in [0.29, 0.717) is 28.6 Å². The molecular formula is C27H20N2O7S. The van der Waals surface area contributed by atoms with Gasteiger partial charge >= 0.3 is 0 Å². The van der Waals surface area contributed by atoms with Crippen LogP contribution in [0, 0.1) is 10.1 Å². The van der Waals surface area contributed by atoms with Crippen molar-refractivity contribution in [1.29, 1.82) is 0 Å². The van der Waals surface area contributed by atoms with Crippen molar-refractivity contribution in [3.05, 3.63) is 93.6 Å². The van der Waals surface area contributed by atoms with Crippen molar-refractivity contribution in [2.45, 2.75) is 0 Å². The molecule has 0 saturated carbocycles. The molecule has 1 aliphatic rings. The number of thioether (sulfide) groups is 1. The number of nitrogens with zero attached hydrogens (tertiary/aromatic N) is 2. The van der Waals surface area contributed by atoms with Crippen LogP contribution >= 0.6 is 11.8 Å². The fourth-order valence-corrected chi connectivity index (χ4v) is 4.81. The molecule has 1 aromatic heterocycles. The maximum absolute atomic E-state index is 12.9. The molecule has 3 aromatic carbocycles. The SMILES string of the molecule is COc1ccc([N+](=O)[O-])cc1-c1ccc(/C=C2\SC(=O)N(CCOc3cccc4ccccc34)C2=O)o1. The zero-order valence-electron chi connectivity index (χ0n) is 19.6. The Hall–Kier alpha value is -4.57. The lowest BCUT2D eigenvalue weighted by atomic mass is 10.1. The standard InChI is InChI=1S/C27H20N2O7S/c1-34-22-11-9-18(29(32)33)15-21(22)24-12-10-19(36-24)16-25-26(30)28(27(31)37-25)13-14-35-23-8-4-6-17-5-2-3-7-20(17)23/h2-12,15-16H,13-14H2,1H3/b25-16-. The van der Waals surface area contributed by atoms with E-state index in [2.05, 4.69) is 0 Å². The van der Waals surface area contributed by atoms with Crippen LogP contribution in [0.2, 0.25) is 0 Å². The molecule has 186 valence electrons. The highest BCUT2D eigenvalue weighted by atomic mass is 32.2. The van der Waals surface area contributed by atoms with Crippen molar-refractivity contribution in [1.82, 2.24) is 4.90 Å². The van der Waals surface area contributed by atoms with Crippen LogP contribution < -0.4 is 9.47 Å². The van der Waals surface area contributed by atoms with Crippen molar-refractivity contribution in [2.24, 2.45) is 0 Å². The Labute approximate surface area is 215 Å². The lowest BCUT2D eigenvalue weighted by Gasteiger charge is -2.14. The summed E-state index contributed by atoms with van der Waals surface area (Å²) in [6, 6.07) is 20.9. The highest BCUT2D eigenvalue weighted by Gasteiger charge is 2.35. The summed E-state index contributed by atoms with van der Waals surface area (Å²) >= 11 is 0.814. The number of non-ortho nitro benzene ring substituents is 1. The van der Waals surface area contributed by atoms with Gasteiger partial charge in [-0.15, -0.1) is 0 Å². The number of nitro benzene ring substituents is 1. The first-order chi connectivity index (χ1) is 17.9. The number of fused-ring (bicyclic) bond motifs is 1. The minimum absolute atomic E-state index is 0.0967. The maximum atomic E-state index is 12.9. The molecule has 0 bridgehead atoms. The van der Waals surface area contributed by atoms with Crippen LogP contribution in [0.15, 0.2) is 82.1 Å². The number of carbonyl (C=O) groups is 2. The van der Waals surface area contributed by atoms with Gasteiger partial charge in [-0.25, -0.2) is 0 Å². The summed E-state index contributed by atoms with van der Waals surface area (Å²) < 4.78 is 17.0. The van der Waals surface area contributed by atoms with Gasteiger partial charge in [-0.1, -0.05) is 36.4 Å². The van der Waals surface area contributed by atoms with Crippen LogP contribution in [0.25, 0.3) is 28.2 Å². The van der Waals surface area contributed by atoms with Gasteiger partial charge in [-0.05, 0) is 41.4 Å². The highest BCUT2D eigenvalue weighted by Crippen LogP contribution is 2.37. The first-order valence-corrected chi connectivity index (χ1v) is 12.0. The summed E-state index contributed by atoms with van der Waals surface area (Å²) in [6.07, 6.45) is 1.48. The average Bonchev–Trinajstić information content (AvgIpc) is 3.48. The number of carbonyl (C=O) groups excluding carboxylic acids is 2. The fourth-order valence-electron chi connectivity index (χ4n) is 3.97. The second-order valence-corrected chi connectivity index (χ2v) is 9.00. The van der Waals surface area contributed by atoms with Crippen molar-refractivity contribution in [3.8, 4) is 22.8 Å². The largest absolute Gasteiger partial charge is 0.496 e. The fraction of sp³-hybridized carbons (Fsp3) is 0.111. The summed E-state index contributed by atoms with van der Waals surface area (Å²) in [5.74, 6) is 1.29. The third kappa shape index (κ3) is 4.91. The molecule has 0 N–H and O–H groups in total. The van der Waals surface area contributed by atoms with Crippen LogP contribution in [0.3, 0.4) is 0 Å². The van der Waals surface area contributed by atoms with Gasteiger partial charge in [-0.2, -0.15) is 0 Å². The van der Waals surface area contributed by atoms with Gasteiger partial charge in [0.05, 0.1) is 29.0 Å². The van der Waals surface area contributed by atoms with E-state index in [9.17, 15) is 19.7 Å². The van der Waals surface area contributed by atoms with Crippen molar-refractivity contribution in [2.75, 3.05) is 20.3 Å². The summed E-state index contributed by atoms with van der Waals surface area (Å²) in [7, 11) is 1.45. The summed E-state index contributed by atoms with van der Waals surface area (Å²) in [4.78, 5) is 37.4. The minimum atomic E-state index is -0.507. The van der Waals surface area contributed by atoms with Crippen LogP contribution in [-0.2, 0) is 4.79 Å². The molecule has 0 atom stereocenters. The second-order valence-electron chi connectivity index (χ2n) is 8.00. The lowest BCUT2D eigenvalue weighted by Crippen LogP contribution is -2.32. The second kappa shape index (κ2) is 10.2. The highest BCUT2D eigenvalue weighted by molar-refractivity contribution is 8.18. The van der Waals surface area contributed by atoms with Crippen LogP contribution in [0.4, 0.5) is 10.5 Å². The van der Waals surface area contributed by atoms with E-state index >= 15 is 0 Å². The zero-order chi connectivity index (χ0) is 25.9. The number of nitro groups is 1. The van der Waals surface area contributed by atoms with Crippen molar-refractivity contribution < 1.29 is 28.4 Å². The number of amides is 2. The monoisotopic (exact) mass is 516 g/mol. The van der Waals surface area contributed by atoms with E-state index in [1.807, 2.05) is 42.5 Å². The number of rotatable bonds is 8. The van der Waals surface area contributed by atoms with Gasteiger partial charge in [0.15, 0.2) is 0 Å². The van der Waals surface area contributed by atoms with Gasteiger partial charge < -0.3 is 13.9 Å². The number of benzene rings is 3. The Morgan fingerprint density at radius 1 is 1.03 bits per heavy atom. The normalized spacial score (nSPS) is 14.5. The Morgan fingerprint density at radius 2 is 1.84 bits per heavy atom. The molecule has 5 rings (SSSR count). The van der Waals surface area contributed by atoms with Gasteiger partial charge in [0, 0.05) is 23.6 Å². The molecular weight excluding hydrogens is 496 g/mol. The topological polar surface area (TPSA) is 112 Å². The van der Waals surface area contributed by atoms with E-state index in [-0.39, 0.29) is 23.7 Å². The van der Waals surface area contributed by atoms with E-state index in [1.165, 1.54) is 31.4 Å². The molecule has 1 fully saturated rings. The van der Waals surface area contributed by atoms with Gasteiger partial charge in [0.2, 0.25) is 0 Å². The predicted molar refractivity (Wildman–Crippen MR) is 139 cm³/mol. The molecule has 4 aromatic rings. The summed E-state index contributed by atoms with van der Waals surface area (Å²) in [5, 5.41) is 12.8. The average molecular weight is 517 g/mol. The minimum Gasteiger partial charge on any atom is -0.496 e. The Bertz CT molecular complexity index is 1550. The molecule has 0 unspecified atom stereocenters. The van der Waals surface area contributed by atoms with Crippen molar-refractivity contribution in [3.63, 3.8) is 0 Å². The zero-order valence-corrected chi connectivity index (χ0v) is 20.4. The van der Waals surface area contributed by atoms with Crippen LogP contribution in [0.1, 0.15) is 5.76 Å². The molecule has 0 aliphatic carbocycles. The first-order valence-electron chi connectivity index (χ1n) is 11.2. The lowest BCUT2D eigenvalue weighted by molar-refractivity contribution is -0.384. The number of ether oxygens (including phenoxy) is 2. The maximum Gasteiger partial charge on any atom is 0.293 e. The van der Waals surface area contributed by atoms with E-state index in [4.69, 9.17) is 13.9 Å². The van der Waals surface area contributed by atoms with Crippen molar-refractivity contribution >= 4 is 45.4 Å². The predicted octanol–water partition coefficient (Wildman–Crippen LogP) is 6.13. The molecule has 2 amide bonds. The number of furan rings is 1.